The molecule has 50 heavy (non-hydrogen) atoms. The summed E-state index contributed by atoms with van der Waals surface area (Å²) in [5.74, 6) is -1.62. The van der Waals surface area contributed by atoms with Gasteiger partial charge in [-0.2, -0.15) is 0 Å². The normalized spacial score (nSPS) is 11.9. The predicted molar refractivity (Wildman–Crippen MR) is 189 cm³/mol. The molecule has 4 rings (SSSR count). The van der Waals surface area contributed by atoms with Gasteiger partial charge in [0.25, 0.3) is 15.7 Å². The van der Waals surface area contributed by atoms with Gasteiger partial charge < -0.3 is 15.0 Å². The SMILES string of the molecule is COc1ccc(Cl)cc1N(CC(=O)N(Cc1ccc(F)cc1)[C@H](Cc1ccccc1)C(=O)NCC(C)C)S(=O)(=O)c1ccc(C)c([N+](=O)[O-])c1. The van der Waals surface area contributed by atoms with Gasteiger partial charge in [-0.25, -0.2) is 12.8 Å². The lowest BCUT2D eigenvalue weighted by Gasteiger charge is -2.34. The van der Waals surface area contributed by atoms with E-state index in [1.807, 2.05) is 19.9 Å². The van der Waals surface area contributed by atoms with Crippen molar-refractivity contribution < 1.29 is 32.1 Å². The van der Waals surface area contributed by atoms with E-state index in [0.29, 0.717) is 12.1 Å². The number of nitro benzene ring substituents is 1. The van der Waals surface area contributed by atoms with Crippen molar-refractivity contribution in [1.82, 2.24) is 10.2 Å². The number of ether oxygens (including phenoxy) is 1. The van der Waals surface area contributed by atoms with E-state index < -0.39 is 55.7 Å². The number of nitrogens with one attached hydrogen (secondary N) is 1. The van der Waals surface area contributed by atoms with E-state index >= 15 is 0 Å². The Morgan fingerprint density at radius 3 is 2.28 bits per heavy atom. The molecule has 11 nitrogen and oxygen atoms in total. The number of halogens is 2. The van der Waals surface area contributed by atoms with Gasteiger partial charge in [-0.15, -0.1) is 0 Å². The third-order valence-electron chi connectivity index (χ3n) is 7.88. The van der Waals surface area contributed by atoms with Crippen molar-refractivity contribution in [2.45, 2.75) is 44.7 Å². The van der Waals surface area contributed by atoms with Crippen LogP contribution in [0.2, 0.25) is 5.02 Å². The first-order valence-electron chi connectivity index (χ1n) is 15.7. The van der Waals surface area contributed by atoms with Crippen LogP contribution in [0.3, 0.4) is 0 Å². The number of methoxy groups -OCH3 is 1. The highest BCUT2D eigenvalue weighted by atomic mass is 35.5. The van der Waals surface area contributed by atoms with Crippen molar-refractivity contribution in [3.05, 3.63) is 129 Å². The first-order valence-corrected chi connectivity index (χ1v) is 17.5. The lowest BCUT2D eigenvalue weighted by atomic mass is 10.0. The van der Waals surface area contributed by atoms with Crippen LogP contribution < -0.4 is 14.4 Å². The summed E-state index contributed by atoms with van der Waals surface area (Å²) in [5.41, 5.74) is 0.916. The maximum absolute atomic E-state index is 14.6. The van der Waals surface area contributed by atoms with Crippen LogP contribution in [0.5, 0.6) is 5.75 Å². The third kappa shape index (κ3) is 9.36. The fraction of sp³-hybridized carbons (Fsp3) is 0.278. The van der Waals surface area contributed by atoms with Crippen LogP contribution >= 0.6 is 11.6 Å². The van der Waals surface area contributed by atoms with Gasteiger partial charge in [0, 0.05) is 36.2 Å². The minimum absolute atomic E-state index is 0.0491. The summed E-state index contributed by atoms with van der Waals surface area (Å²) in [7, 11) is -3.41. The van der Waals surface area contributed by atoms with Gasteiger partial charge in [0.05, 0.1) is 22.6 Å². The number of nitro groups is 1. The van der Waals surface area contributed by atoms with Crippen LogP contribution in [0.25, 0.3) is 0 Å². The first kappa shape index (κ1) is 37.8. The summed E-state index contributed by atoms with van der Waals surface area (Å²) in [6, 6.07) is 20.9. The number of benzene rings is 4. The lowest BCUT2D eigenvalue weighted by Crippen LogP contribution is -2.53. The van der Waals surface area contributed by atoms with Gasteiger partial charge in [-0.1, -0.05) is 74.0 Å². The Labute approximate surface area is 295 Å². The summed E-state index contributed by atoms with van der Waals surface area (Å²) < 4.78 is 49.0. The third-order valence-corrected chi connectivity index (χ3v) is 9.87. The van der Waals surface area contributed by atoms with E-state index in [0.717, 1.165) is 15.9 Å². The van der Waals surface area contributed by atoms with E-state index in [1.54, 1.807) is 24.3 Å². The van der Waals surface area contributed by atoms with Gasteiger partial charge in [0.1, 0.15) is 24.2 Å². The second-order valence-corrected chi connectivity index (χ2v) is 14.3. The molecule has 264 valence electrons. The molecule has 1 atom stereocenters. The molecule has 0 fully saturated rings. The van der Waals surface area contributed by atoms with Gasteiger partial charge in [0.2, 0.25) is 11.8 Å². The number of hydrogen-bond acceptors (Lipinski definition) is 7. The van der Waals surface area contributed by atoms with E-state index in [4.69, 9.17) is 16.3 Å². The van der Waals surface area contributed by atoms with Crippen LogP contribution in [-0.4, -0.2) is 56.3 Å². The molecule has 0 heterocycles. The molecule has 0 bridgehead atoms. The molecule has 0 aromatic heterocycles. The van der Waals surface area contributed by atoms with Crippen LogP contribution in [0.15, 0.2) is 95.9 Å². The second kappa shape index (κ2) is 16.6. The minimum atomic E-state index is -4.72. The number of hydrogen-bond donors (Lipinski definition) is 1. The molecule has 4 aromatic rings. The smallest absolute Gasteiger partial charge is 0.273 e. The van der Waals surface area contributed by atoms with Crippen LogP contribution in [0.1, 0.15) is 30.5 Å². The van der Waals surface area contributed by atoms with Crippen molar-refractivity contribution in [3.63, 3.8) is 0 Å². The summed E-state index contributed by atoms with van der Waals surface area (Å²) in [5, 5.41) is 14.8. The Hall–Kier alpha value is -5.01. The van der Waals surface area contributed by atoms with Crippen LogP contribution in [0, 0.1) is 28.8 Å². The Balaban J connectivity index is 1.88. The molecule has 0 spiro atoms. The average Bonchev–Trinajstić information content (AvgIpc) is 3.08. The molecule has 0 saturated carbocycles. The molecule has 0 aliphatic carbocycles. The van der Waals surface area contributed by atoms with Crippen molar-refractivity contribution in [2.75, 3.05) is 24.5 Å². The van der Waals surface area contributed by atoms with E-state index in [2.05, 4.69) is 5.32 Å². The second-order valence-electron chi connectivity index (χ2n) is 12.0. The molecule has 0 aliphatic rings. The maximum Gasteiger partial charge on any atom is 0.273 e. The molecule has 2 amide bonds. The zero-order chi connectivity index (χ0) is 36.6. The fourth-order valence-electron chi connectivity index (χ4n) is 5.21. The van der Waals surface area contributed by atoms with Crippen molar-refractivity contribution >= 4 is 44.8 Å². The molecule has 0 aliphatic heterocycles. The summed E-state index contributed by atoms with van der Waals surface area (Å²) >= 11 is 6.32. The molecular weight excluding hydrogens is 687 g/mol. The van der Waals surface area contributed by atoms with Crippen LogP contribution in [-0.2, 0) is 32.6 Å². The fourth-order valence-corrected chi connectivity index (χ4v) is 6.81. The summed E-state index contributed by atoms with van der Waals surface area (Å²) in [6.45, 7) is 4.59. The molecule has 4 aromatic carbocycles. The van der Waals surface area contributed by atoms with Crippen molar-refractivity contribution in [3.8, 4) is 5.75 Å². The Bertz CT molecular complexity index is 1940. The number of amides is 2. The Kier molecular flexibility index (Phi) is 12.5. The van der Waals surface area contributed by atoms with Gasteiger partial charge in [-0.05, 0) is 60.4 Å². The van der Waals surface area contributed by atoms with E-state index in [-0.39, 0.29) is 40.9 Å². The Morgan fingerprint density at radius 1 is 0.980 bits per heavy atom. The molecule has 14 heteroatoms. The minimum Gasteiger partial charge on any atom is -0.495 e. The molecule has 1 N–H and O–H groups in total. The average molecular weight is 725 g/mol. The number of sulfonamides is 1. The predicted octanol–water partition coefficient (Wildman–Crippen LogP) is 6.31. The molecule has 0 unspecified atom stereocenters. The summed E-state index contributed by atoms with van der Waals surface area (Å²) in [4.78, 5) is 40.4. The van der Waals surface area contributed by atoms with Gasteiger partial charge in [-0.3, -0.25) is 24.0 Å². The van der Waals surface area contributed by atoms with Gasteiger partial charge >= 0.3 is 0 Å². The largest absolute Gasteiger partial charge is 0.495 e. The highest BCUT2D eigenvalue weighted by molar-refractivity contribution is 7.92. The van der Waals surface area contributed by atoms with Gasteiger partial charge in [0.15, 0.2) is 0 Å². The Morgan fingerprint density at radius 2 is 1.66 bits per heavy atom. The standard InChI is InChI=1S/C36H38ClFN4O7S/c1-24(2)21-39-36(44)33(18-26-8-6-5-7-9-26)40(22-27-11-14-29(38)15-12-27)35(43)23-41(32-19-28(37)13-17-34(32)49-4)50(47,48)30-16-10-25(3)31(20-30)42(45)46/h5-17,19-20,24,33H,18,21-23H2,1-4H3,(H,39,44)/t33-/m1/s1. The first-order chi connectivity index (χ1) is 23.7. The van der Waals surface area contributed by atoms with Crippen LogP contribution in [0.4, 0.5) is 15.8 Å². The quantitative estimate of drug-likeness (QED) is 0.112. The topological polar surface area (TPSA) is 139 Å². The van der Waals surface area contributed by atoms with Crippen molar-refractivity contribution in [2.24, 2.45) is 5.92 Å². The lowest BCUT2D eigenvalue weighted by molar-refractivity contribution is -0.385. The number of aryl methyl sites for hydroxylation is 1. The van der Waals surface area contributed by atoms with E-state index in [1.165, 1.54) is 73.5 Å². The van der Waals surface area contributed by atoms with E-state index in [9.17, 15) is 32.5 Å². The highest BCUT2D eigenvalue weighted by Gasteiger charge is 2.36. The number of carbonyl (C=O) groups is 2. The highest BCUT2D eigenvalue weighted by Crippen LogP contribution is 2.36. The zero-order valence-corrected chi connectivity index (χ0v) is 29.6. The monoisotopic (exact) mass is 724 g/mol. The molecule has 0 saturated heterocycles. The van der Waals surface area contributed by atoms with Crippen molar-refractivity contribution in [1.29, 1.82) is 0 Å². The number of rotatable bonds is 15. The molecular formula is C36H38ClFN4O7S. The summed E-state index contributed by atoms with van der Waals surface area (Å²) in [6.07, 6.45) is 0.0785. The number of carbonyl (C=O) groups excluding carboxylic acids is 2. The zero-order valence-electron chi connectivity index (χ0n) is 28.0. The maximum atomic E-state index is 14.6. The number of anilines is 1. The number of nitrogens with zero attached hydrogens (tertiary/aromatic N) is 3. The molecule has 0 radical (unpaired) electrons.